The molecule has 17 heavy (non-hydrogen) atoms. The quantitative estimate of drug-likeness (QED) is 0.786. The molecule has 2 atom stereocenters. The minimum atomic E-state index is 0.765. The number of likely N-dealkylation sites (tertiary alicyclic amines) is 1. The topological polar surface area (TPSA) is 15.3 Å². The summed E-state index contributed by atoms with van der Waals surface area (Å²) in [5, 5.41) is 4.93. The minimum absolute atomic E-state index is 0.765. The summed E-state index contributed by atoms with van der Waals surface area (Å²) in [6.07, 6.45) is 1.40. The second-order valence-corrected chi connectivity index (χ2v) is 5.87. The molecule has 2 unspecified atom stereocenters. The second kappa shape index (κ2) is 4.14. The largest absolute Gasteiger partial charge is 0.348 e. The summed E-state index contributed by atoms with van der Waals surface area (Å²) in [4.78, 5) is 2.28. The van der Waals surface area contributed by atoms with Crippen LogP contribution < -0.4 is 5.32 Å². The Morgan fingerprint density at radius 3 is 2.76 bits per heavy atom. The van der Waals surface area contributed by atoms with Crippen molar-refractivity contribution in [1.29, 1.82) is 0 Å². The summed E-state index contributed by atoms with van der Waals surface area (Å²) in [6, 6.07) is 5.83. The van der Waals surface area contributed by atoms with Gasteiger partial charge in [0.25, 0.3) is 0 Å². The van der Waals surface area contributed by atoms with Crippen molar-refractivity contribution in [3.8, 4) is 0 Å². The van der Waals surface area contributed by atoms with Gasteiger partial charge in [0.2, 0.25) is 0 Å². The fourth-order valence-electron chi connectivity index (χ4n) is 2.53. The third-order valence-electron chi connectivity index (χ3n) is 3.70. The molecule has 0 radical (unpaired) electrons. The molecule has 0 bridgehead atoms. The maximum atomic E-state index is 5.93. The predicted octanol–water partition coefficient (Wildman–Crippen LogP) is 3.30. The predicted molar refractivity (Wildman–Crippen MR) is 75.6 cm³/mol. The average Bonchev–Trinajstić information content (AvgIpc) is 2.89. The van der Waals surface area contributed by atoms with Crippen LogP contribution in [0.15, 0.2) is 18.2 Å². The Bertz CT molecular complexity index is 464. The number of halogens is 1. The number of hydrogen-bond acceptors (Lipinski definition) is 1. The van der Waals surface area contributed by atoms with Crippen LogP contribution in [0, 0.1) is 18.8 Å². The van der Waals surface area contributed by atoms with Crippen molar-refractivity contribution in [1.82, 2.24) is 4.90 Å². The number of hydrogen-bond donors (Lipinski definition) is 1. The van der Waals surface area contributed by atoms with Gasteiger partial charge in [-0.3, -0.25) is 0 Å². The lowest BCUT2D eigenvalue weighted by atomic mass is 10.2. The third-order valence-corrected chi connectivity index (χ3v) is 4.29. The van der Waals surface area contributed by atoms with Crippen molar-refractivity contribution >= 4 is 34.6 Å². The van der Waals surface area contributed by atoms with E-state index in [0.29, 0.717) is 0 Å². The lowest BCUT2D eigenvalue weighted by Crippen LogP contribution is -2.34. The lowest BCUT2D eigenvalue weighted by Gasteiger charge is -2.22. The van der Waals surface area contributed by atoms with E-state index in [9.17, 15) is 0 Å². The van der Waals surface area contributed by atoms with Gasteiger partial charge in [-0.1, -0.05) is 11.6 Å². The zero-order chi connectivity index (χ0) is 12.0. The summed E-state index contributed by atoms with van der Waals surface area (Å²) < 4.78 is 0. The van der Waals surface area contributed by atoms with Gasteiger partial charge in [0, 0.05) is 23.8 Å². The second-order valence-electron chi connectivity index (χ2n) is 5.05. The van der Waals surface area contributed by atoms with E-state index in [1.54, 1.807) is 0 Å². The van der Waals surface area contributed by atoms with Crippen LogP contribution in [0.2, 0.25) is 5.02 Å². The lowest BCUT2D eigenvalue weighted by molar-refractivity contribution is 0.468. The molecular formula is C13H15ClN2S. The molecule has 0 aromatic heterocycles. The molecule has 1 heterocycles. The first-order chi connectivity index (χ1) is 8.13. The summed E-state index contributed by atoms with van der Waals surface area (Å²) in [6.45, 7) is 4.30. The van der Waals surface area contributed by atoms with Crippen molar-refractivity contribution in [2.75, 3.05) is 18.4 Å². The molecule has 2 nitrogen and oxygen atoms in total. The van der Waals surface area contributed by atoms with Crippen LogP contribution in [-0.4, -0.2) is 23.1 Å². The van der Waals surface area contributed by atoms with Crippen molar-refractivity contribution in [2.45, 2.75) is 13.3 Å². The van der Waals surface area contributed by atoms with E-state index in [0.717, 1.165) is 46.3 Å². The molecule has 1 saturated heterocycles. The molecule has 0 spiro atoms. The molecule has 3 rings (SSSR count). The number of aryl methyl sites for hydroxylation is 1. The fraction of sp³-hybridized carbons (Fsp3) is 0.462. The Kier molecular flexibility index (Phi) is 2.75. The Morgan fingerprint density at radius 1 is 1.41 bits per heavy atom. The number of benzene rings is 1. The summed E-state index contributed by atoms with van der Waals surface area (Å²) in [5.74, 6) is 1.81. The first kappa shape index (κ1) is 11.3. The van der Waals surface area contributed by atoms with Gasteiger partial charge in [0.15, 0.2) is 5.11 Å². The highest BCUT2D eigenvalue weighted by Gasteiger charge is 2.45. The van der Waals surface area contributed by atoms with Crippen molar-refractivity contribution in [3.63, 3.8) is 0 Å². The van der Waals surface area contributed by atoms with Crippen LogP contribution in [0.3, 0.4) is 0 Å². The zero-order valence-corrected chi connectivity index (χ0v) is 11.3. The van der Waals surface area contributed by atoms with Crippen LogP contribution in [0.25, 0.3) is 0 Å². The van der Waals surface area contributed by atoms with E-state index in [1.807, 2.05) is 25.1 Å². The standard InChI is InChI=1S/C13H15ClN2S/c1-8-4-11(14)2-3-12(8)15-13(17)16-6-9-5-10(9)7-16/h2-4,9-10H,5-7H2,1H3,(H,15,17). The SMILES string of the molecule is Cc1cc(Cl)ccc1NC(=S)N1CC2CC2C1. The first-order valence-corrected chi connectivity index (χ1v) is 6.74. The Morgan fingerprint density at radius 2 is 2.12 bits per heavy atom. The number of thiocarbonyl (C=S) groups is 1. The number of nitrogens with one attached hydrogen (secondary N) is 1. The molecule has 2 aliphatic rings. The number of anilines is 1. The van der Waals surface area contributed by atoms with E-state index < -0.39 is 0 Å². The molecule has 4 heteroatoms. The van der Waals surface area contributed by atoms with Gasteiger partial charge >= 0.3 is 0 Å². The van der Waals surface area contributed by atoms with Crippen molar-refractivity contribution < 1.29 is 0 Å². The zero-order valence-electron chi connectivity index (χ0n) is 9.74. The molecule has 1 aliphatic carbocycles. The number of piperidine rings is 1. The Balaban J connectivity index is 1.67. The van der Waals surface area contributed by atoms with Gasteiger partial charge in [-0.15, -0.1) is 0 Å². The molecule has 0 amide bonds. The van der Waals surface area contributed by atoms with Gasteiger partial charge in [-0.05, 0) is 61.2 Å². The van der Waals surface area contributed by atoms with E-state index in [1.165, 1.54) is 6.42 Å². The maximum absolute atomic E-state index is 5.93. The number of nitrogens with zero attached hydrogens (tertiary/aromatic N) is 1. The van der Waals surface area contributed by atoms with Gasteiger partial charge < -0.3 is 10.2 Å². The van der Waals surface area contributed by atoms with E-state index in [4.69, 9.17) is 23.8 Å². The van der Waals surface area contributed by atoms with Crippen LogP contribution >= 0.6 is 23.8 Å². The van der Waals surface area contributed by atoms with Crippen LogP contribution in [0.1, 0.15) is 12.0 Å². The average molecular weight is 267 g/mol. The molecule has 1 aromatic rings. The van der Waals surface area contributed by atoms with Crippen molar-refractivity contribution in [2.24, 2.45) is 11.8 Å². The highest BCUT2D eigenvalue weighted by atomic mass is 35.5. The van der Waals surface area contributed by atoms with E-state index >= 15 is 0 Å². The normalized spacial score (nSPS) is 25.6. The molecular weight excluding hydrogens is 252 g/mol. The highest BCUT2D eigenvalue weighted by molar-refractivity contribution is 7.80. The smallest absolute Gasteiger partial charge is 0.173 e. The number of rotatable bonds is 1. The molecule has 1 aliphatic heterocycles. The summed E-state index contributed by atoms with van der Waals surface area (Å²) >= 11 is 11.4. The van der Waals surface area contributed by atoms with Gasteiger partial charge in [-0.2, -0.15) is 0 Å². The van der Waals surface area contributed by atoms with Crippen LogP contribution in [0.5, 0.6) is 0 Å². The van der Waals surface area contributed by atoms with Gasteiger partial charge in [0.1, 0.15) is 0 Å². The minimum Gasteiger partial charge on any atom is -0.348 e. The molecule has 90 valence electrons. The summed E-state index contributed by atoms with van der Waals surface area (Å²) in [7, 11) is 0. The van der Waals surface area contributed by atoms with E-state index in [-0.39, 0.29) is 0 Å². The van der Waals surface area contributed by atoms with Crippen LogP contribution in [-0.2, 0) is 0 Å². The van der Waals surface area contributed by atoms with Gasteiger partial charge in [-0.25, -0.2) is 0 Å². The molecule has 1 saturated carbocycles. The maximum Gasteiger partial charge on any atom is 0.173 e. The summed E-state index contributed by atoms with van der Waals surface area (Å²) in [5.41, 5.74) is 2.18. The fourth-order valence-corrected chi connectivity index (χ4v) is 3.01. The Labute approximate surface area is 112 Å². The van der Waals surface area contributed by atoms with E-state index in [2.05, 4.69) is 10.2 Å². The van der Waals surface area contributed by atoms with Gasteiger partial charge in [0.05, 0.1) is 0 Å². The third kappa shape index (κ3) is 2.26. The monoisotopic (exact) mass is 266 g/mol. The van der Waals surface area contributed by atoms with Crippen molar-refractivity contribution in [3.05, 3.63) is 28.8 Å². The molecule has 1 N–H and O–H groups in total. The molecule has 1 aromatic carbocycles. The van der Waals surface area contributed by atoms with Crippen LogP contribution in [0.4, 0.5) is 5.69 Å². The Hall–Kier alpha value is -0.800. The number of fused-ring (bicyclic) bond motifs is 1. The molecule has 2 fully saturated rings. The first-order valence-electron chi connectivity index (χ1n) is 5.95. The highest BCUT2D eigenvalue weighted by Crippen LogP contribution is 2.45.